The van der Waals surface area contributed by atoms with E-state index >= 15 is 0 Å². The highest BCUT2D eigenvalue weighted by atomic mass is 35.5. The standard InChI is InChI=1S/C22H38ClN3OS/c1-2-24-12-17-26(18-19-28)14-5-3-4-13-25-15-10-22(27,11-16-25)20-6-8-21(23)9-7-20/h6-9,24,27-28H,2-5,10-19H2,1H3. The Hall–Kier alpha value is -0.300. The van der Waals surface area contributed by atoms with Gasteiger partial charge in [0.05, 0.1) is 5.60 Å². The topological polar surface area (TPSA) is 38.7 Å². The summed E-state index contributed by atoms with van der Waals surface area (Å²) >= 11 is 10.4. The largest absolute Gasteiger partial charge is 0.385 e. The van der Waals surface area contributed by atoms with Crippen molar-refractivity contribution in [2.45, 2.75) is 44.6 Å². The molecule has 28 heavy (non-hydrogen) atoms. The highest BCUT2D eigenvalue weighted by Gasteiger charge is 2.33. The van der Waals surface area contributed by atoms with Crippen molar-refractivity contribution in [3.05, 3.63) is 34.9 Å². The van der Waals surface area contributed by atoms with E-state index < -0.39 is 5.60 Å². The molecule has 6 heteroatoms. The van der Waals surface area contributed by atoms with Gasteiger partial charge in [-0.05, 0) is 63.0 Å². The van der Waals surface area contributed by atoms with Gasteiger partial charge in [-0.1, -0.05) is 37.1 Å². The molecule has 0 amide bonds. The molecule has 1 aliphatic rings. The predicted molar refractivity (Wildman–Crippen MR) is 124 cm³/mol. The molecule has 2 N–H and O–H groups in total. The second-order valence-corrected chi connectivity index (χ2v) is 8.74. The number of hydrogen-bond acceptors (Lipinski definition) is 5. The maximum Gasteiger partial charge on any atom is 0.0920 e. The number of likely N-dealkylation sites (tertiary alicyclic amines) is 1. The summed E-state index contributed by atoms with van der Waals surface area (Å²) in [5, 5.41) is 15.1. The summed E-state index contributed by atoms with van der Waals surface area (Å²) in [6, 6.07) is 7.67. The number of nitrogens with one attached hydrogen (secondary N) is 1. The minimum Gasteiger partial charge on any atom is -0.385 e. The summed E-state index contributed by atoms with van der Waals surface area (Å²) in [6.45, 7) is 10.7. The quantitative estimate of drug-likeness (QED) is 0.332. The van der Waals surface area contributed by atoms with E-state index in [2.05, 4.69) is 34.7 Å². The Kier molecular flexibility index (Phi) is 11.2. The van der Waals surface area contributed by atoms with Crippen molar-refractivity contribution in [2.75, 3.05) is 58.1 Å². The third kappa shape index (κ3) is 8.21. The highest BCUT2D eigenvalue weighted by Crippen LogP contribution is 2.33. The normalized spacial score (nSPS) is 17.3. The number of benzene rings is 1. The van der Waals surface area contributed by atoms with Crippen molar-refractivity contribution in [3.8, 4) is 0 Å². The van der Waals surface area contributed by atoms with Crippen LogP contribution >= 0.6 is 24.2 Å². The van der Waals surface area contributed by atoms with Gasteiger partial charge in [-0.25, -0.2) is 0 Å². The first kappa shape index (κ1) is 24.0. The van der Waals surface area contributed by atoms with Crippen LogP contribution in [0.25, 0.3) is 0 Å². The summed E-state index contributed by atoms with van der Waals surface area (Å²) in [5.41, 5.74) is 0.305. The monoisotopic (exact) mass is 427 g/mol. The van der Waals surface area contributed by atoms with Crippen LogP contribution in [-0.4, -0.2) is 73.0 Å². The molecular formula is C22H38ClN3OS. The molecule has 1 heterocycles. The Morgan fingerprint density at radius 2 is 1.82 bits per heavy atom. The van der Waals surface area contributed by atoms with E-state index in [9.17, 15) is 5.11 Å². The first-order chi connectivity index (χ1) is 13.6. The molecule has 2 rings (SSSR count). The molecule has 0 saturated carbocycles. The van der Waals surface area contributed by atoms with E-state index in [1.54, 1.807) is 0 Å². The Labute approximate surface area is 182 Å². The smallest absolute Gasteiger partial charge is 0.0920 e. The first-order valence-corrected chi connectivity index (χ1v) is 11.8. The molecule has 0 radical (unpaired) electrons. The van der Waals surface area contributed by atoms with Crippen molar-refractivity contribution in [1.82, 2.24) is 15.1 Å². The van der Waals surface area contributed by atoms with Gasteiger partial charge in [0.1, 0.15) is 0 Å². The molecule has 0 bridgehead atoms. The molecule has 4 nitrogen and oxygen atoms in total. The number of nitrogens with zero attached hydrogens (tertiary/aromatic N) is 2. The molecule has 160 valence electrons. The van der Waals surface area contributed by atoms with Crippen LogP contribution in [0.5, 0.6) is 0 Å². The summed E-state index contributed by atoms with van der Waals surface area (Å²) in [7, 11) is 0. The van der Waals surface area contributed by atoms with Crippen LogP contribution in [0.2, 0.25) is 5.02 Å². The zero-order valence-electron chi connectivity index (χ0n) is 17.4. The van der Waals surface area contributed by atoms with Crippen LogP contribution in [0.3, 0.4) is 0 Å². The molecule has 1 saturated heterocycles. The van der Waals surface area contributed by atoms with Gasteiger partial charge in [0.15, 0.2) is 0 Å². The minimum absolute atomic E-state index is 0.693. The van der Waals surface area contributed by atoms with Crippen molar-refractivity contribution in [2.24, 2.45) is 0 Å². The fraction of sp³-hybridized carbons (Fsp3) is 0.727. The minimum atomic E-state index is -0.693. The van der Waals surface area contributed by atoms with Crippen LogP contribution in [0.1, 0.15) is 44.6 Å². The average molecular weight is 428 g/mol. The molecule has 1 aliphatic heterocycles. The fourth-order valence-corrected chi connectivity index (χ4v) is 4.34. The van der Waals surface area contributed by atoms with Crippen molar-refractivity contribution >= 4 is 24.2 Å². The fourth-order valence-electron chi connectivity index (χ4n) is 3.93. The average Bonchev–Trinajstić information content (AvgIpc) is 2.70. The molecule has 1 aromatic carbocycles. The van der Waals surface area contributed by atoms with E-state index in [0.717, 1.165) is 75.0 Å². The Balaban J connectivity index is 1.61. The van der Waals surface area contributed by atoms with E-state index in [-0.39, 0.29) is 0 Å². The van der Waals surface area contributed by atoms with E-state index in [1.165, 1.54) is 25.8 Å². The van der Waals surface area contributed by atoms with Crippen LogP contribution in [0.15, 0.2) is 24.3 Å². The Bertz CT molecular complexity index is 535. The number of thiol groups is 1. The van der Waals surface area contributed by atoms with Crippen molar-refractivity contribution < 1.29 is 5.11 Å². The van der Waals surface area contributed by atoms with Gasteiger partial charge >= 0.3 is 0 Å². The second kappa shape index (κ2) is 13.1. The molecule has 0 spiro atoms. The van der Waals surface area contributed by atoms with Gasteiger partial charge in [-0.15, -0.1) is 0 Å². The molecule has 0 atom stereocenters. The Morgan fingerprint density at radius 3 is 2.46 bits per heavy atom. The molecule has 1 fully saturated rings. The maximum absolute atomic E-state index is 11.0. The Morgan fingerprint density at radius 1 is 1.11 bits per heavy atom. The van der Waals surface area contributed by atoms with Crippen LogP contribution in [0.4, 0.5) is 0 Å². The molecule has 0 unspecified atom stereocenters. The highest BCUT2D eigenvalue weighted by molar-refractivity contribution is 7.80. The summed E-state index contributed by atoms with van der Waals surface area (Å²) in [6.07, 6.45) is 5.36. The zero-order valence-corrected chi connectivity index (χ0v) is 19.0. The predicted octanol–water partition coefficient (Wildman–Crippen LogP) is 3.64. The first-order valence-electron chi connectivity index (χ1n) is 10.8. The zero-order chi connectivity index (χ0) is 20.2. The SMILES string of the molecule is CCNCCN(CCS)CCCCCN1CCC(O)(c2ccc(Cl)cc2)CC1. The van der Waals surface area contributed by atoms with Gasteiger partial charge in [-0.2, -0.15) is 12.6 Å². The second-order valence-electron chi connectivity index (χ2n) is 7.86. The molecule has 0 aromatic heterocycles. The number of piperidine rings is 1. The number of aliphatic hydroxyl groups is 1. The van der Waals surface area contributed by atoms with Gasteiger partial charge < -0.3 is 20.2 Å². The van der Waals surface area contributed by atoms with E-state index in [0.29, 0.717) is 0 Å². The third-order valence-electron chi connectivity index (χ3n) is 5.78. The molecular weight excluding hydrogens is 390 g/mol. The number of unbranched alkanes of at least 4 members (excludes halogenated alkanes) is 2. The lowest BCUT2D eigenvalue weighted by atomic mass is 9.84. The number of hydrogen-bond donors (Lipinski definition) is 3. The molecule has 1 aromatic rings. The summed E-state index contributed by atoms with van der Waals surface area (Å²) in [4.78, 5) is 5.02. The lowest BCUT2D eigenvalue weighted by Crippen LogP contribution is -2.42. The van der Waals surface area contributed by atoms with Crippen LogP contribution < -0.4 is 5.32 Å². The lowest BCUT2D eigenvalue weighted by Gasteiger charge is -2.38. The van der Waals surface area contributed by atoms with E-state index in [1.807, 2.05) is 24.3 Å². The van der Waals surface area contributed by atoms with Crippen molar-refractivity contribution in [3.63, 3.8) is 0 Å². The van der Waals surface area contributed by atoms with Crippen LogP contribution in [-0.2, 0) is 5.60 Å². The summed E-state index contributed by atoms with van der Waals surface area (Å²) in [5.74, 6) is 0.927. The van der Waals surface area contributed by atoms with Gasteiger partial charge in [0, 0.05) is 43.5 Å². The maximum atomic E-state index is 11.0. The number of halogens is 1. The van der Waals surface area contributed by atoms with Crippen molar-refractivity contribution in [1.29, 1.82) is 0 Å². The number of rotatable bonds is 13. The van der Waals surface area contributed by atoms with Gasteiger partial charge in [-0.3, -0.25) is 0 Å². The van der Waals surface area contributed by atoms with Gasteiger partial charge in [0.2, 0.25) is 0 Å². The summed E-state index contributed by atoms with van der Waals surface area (Å²) < 4.78 is 0. The number of likely N-dealkylation sites (N-methyl/N-ethyl adjacent to an activating group) is 1. The van der Waals surface area contributed by atoms with Crippen LogP contribution in [0, 0.1) is 0 Å². The molecule has 0 aliphatic carbocycles. The lowest BCUT2D eigenvalue weighted by molar-refractivity contribution is -0.0261. The third-order valence-corrected chi connectivity index (χ3v) is 6.24. The van der Waals surface area contributed by atoms with E-state index in [4.69, 9.17) is 11.6 Å². The van der Waals surface area contributed by atoms with Gasteiger partial charge in [0.25, 0.3) is 0 Å².